The third-order valence-corrected chi connectivity index (χ3v) is 0. The maximum absolute atomic E-state index is 8.74. The van der Waals surface area contributed by atoms with Crippen LogP contribution in [0.25, 0.3) is 0 Å². The van der Waals surface area contributed by atoms with Crippen LogP contribution >= 0.6 is 0 Å². The summed E-state index contributed by atoms with van der Waals surface area (Å²) in [6.07, 6.45) is 0. The van der Waals surface area contributed by atoms with Crippen LogP contribution < -0.4 is 0 Å². The molecule has 16 N–H and O–H groups in total. The molecule has 0 spiro atoms. The summed E-state index contributed by atoms with van der Waals surface area (Å²) < 4.78 is 69.9. The second-order valence-electron chi connectivity index (χ2n) is 2.26. The van der Waals surface area contributed by atoms with Gasteiger partial charge in [-0.15, -0.1) is 0 Å². The van der Waals surface area contributed by atoms with Gasteiger partial charge in [0.1, 0.15) is 0 Å². The Bertz CT molecular complexity index is 372. The Morgan fingerprint density at radius 2 is 0.194 bits per heavy atom. The van der Waals surface area contributed by atoms with E-state index in [-0.39, 0.29) is 75.4 Å². The molecule has 0 aliphatic rings. The number of hydrogen-bond acceptors (Lipinski definition) is 8. The minimum atomic E-state index is -3.13. The van der Waals surface area contributed by atoms with Gasteiger partial charge in [-0.05, 0) is 0 Å². The van der Waals surface area contributed by atoms with E-state index in [4.69, 9.17) is 112 Å². The van der Waals surface area contributed by atoms with Gasteiger partial charge in [0, 0.05) is 0 Å². The second kappa shape index (κ2) is 70.1. The van der Waals surface area contributed by atoms with Crippen molar-refractivity contribution in [2.24, 2.45) is 0 Å². The standard InChI is InChI=1S/4Li.8H2O3Si.4H/c;;;;8*1-4(2)3;;;;/h;;;;8*1-2H;;;;. The Hall–Kier alpha value is -0.675. The van der Waals surface area contributed by atoms with Gasteiger partial charge in [-0.2, -0.15) is 0 Å². The molecule has 0 heterocycles. The van der Waals surface area contributed by atoms with Crippen LogP contribution in [0.1, 0.15) is 0 Å². The van der Waals surface area contributed by atoms with E-state index in [0.29, 0.717) is 0 Å². The van der Waals surface area contributed by atoms with Crippen LogP contribution in [0.3, 0.4) is 0 Å². The fourth-order valence-corrected chi connectivity index (χ4v) is 0. The Balaban J connectivity index is -0.0000000180. The van der Waals surface area contributed by atoms with Crippen molar-refractivity contribution in [3.8, 4) is 0 Å². The molecule has 0 unspecified atom stereocenters. The first kappa shape index (κ1) is 76.5. The van der Waals surface area contributed by atoms with Gasteiger partial charge in [0.15, 0.2) is 0 Å². The Kier molecular flexibility index (Phi) is 149. The van der Waals surface area contributed by atoms with E-state index >= 15 is 0 Å². The van der Waals surface area contributed by atoms with Gasteiger partial charge >= 0.3 is 149 Å². The molecule has 24 nitrogen and oxygen atoms in total. The zero-order chi connectivity index (χ0) is 28.6. The zero-order valence-electron chi connectivity index (χ0n) is 14.4. The molecule has 0 aliphatic carbocycles. The first-order valence-electron chi connectivity index (χ1n) is 5.21. The summed E-state index contributed by atoms with van der Waals surface area (Å²) in [5.74, 6) is 0. The van der Waals surface area contributed by atoms with Crippen molar-refractivity contribution in [1.29, 1.82) is 0 Å². The summed E-state index contributed by atoms with van der Waals surface area (Å²) in [7, 11) is -25.0. The molecule has 0 saturated carbocycles. The monoisotopic (exact) mass is 656 g/mol. The third kappa shape index (κ3) is 76300. The summed E-state index contributed by atoms with van der Waals surface area (Å²) in [6.45, 7) is 0. The molecule has 0 fully saturated rings. The van der Waals surface area contributed by atoms with Crippen LogP contribution in [0.2, 0.25) is 0 Å². The van der Waals surface area contributed by atoms with Crippen molar-refractivity contribution in [1.82, 2.24) is 0 Å². The van der Waals surface area contributed by atoms with E-state index in [9.17, 15) is 0 Å². The summed E-state index contributed by atoms with van der Waals surface area (Å²) >= 11 is 0. The second-order valence-corrected chi connectivity index (χ2v) is 6.78. The topological polar surface area (TPSA) is 460 Å². The van der Waals surface area contributed by atoms with Crippen LogP contribution in [-0.4, -0.2) is 226 Å². The molecule has 200 valence electrons. The van der Waals surface area contributed by atoms with Gasteiger partial charge in [-0.25, -0.2) is 0 Å². The molecule has 0 aromatic heterocycles. The quantitative estimate of drug-likeness (QED) is 0.108. The van der Waals surface area contributed by atoms with Crippen molar-refractivity contribution in [3.63, 3.8) is 0 Å². The van der Waals surface area contributed by atoms with Crippen LogP contribution in [0, 0.1) is 0 Å². The SMILES string of the molecule is O=[Si](O)O.O=[Si](O)O.O=[Si](O)O.O=[Si](O)O.O=[Si](O)O.O=[Si](O)O.O=[Si](O)O.O=[Si](O)O.[LiH].[LiH].[LiH].[LiH]. The molecule has 0 amide bonds. The summed E-state index contributed by atoms with van der Waals surface area (Å²) in [4.78, 5) is 115. The molecule has 36 heavy (non-hydrogen) atoms. The van der Waals surface area contributed by atoms with Crippen LogP contribution in [-0.2, 0) is 35.7 Å². The average Bonchev–Trinajstić information content (AvgIpc) is 2.30. The predicted molar refractivity (Wildman–Crippen MR) is 116 cm³/mol. The van der Waals surface area contributed by atoms with E-state index in [1.165, 1.54) is 0 Å². The van der Waals surface area contributed by atoms with Gasteiger partial charge < -0.3 is 76.7 Å². The van der Waals surface area contributed by atoms with Gasteiger partial charge in [-0.3, -0.25) is 35.7 Å². The molecule has 0 atom stereocenters. The van der Waals surface area contributed by atoms with Gasteiger partial charge in [0.05, 0.1) is 0 Å². The molecule has 0 rings (SSSR count). The average molecular weight is 657 g/mol. The van der Waals surface area contributed by atoms with E-state index in [0.717, 1.165) is 0 Å². The molecule has 36 heteroatoms. The first-order chi connectivity index (χ1) is 13.9. The van der Waals surface area contributed by atoms with Gasteiger partial charge in [0.2, 0.25) is 0 Å². The Morgan fingerprint density at radius 1 is 0.194 bits per heavy atom. The minimum absolute atomic E-state index is 0. The van der Waals surface area contributed by atoms with Gasteiger partial charge in [0.25, 0.3) is 0 Å². The van der Waals surface area contributed by atoms with E-state index in [1.807, 2.05) is 0 Å². The predicted octanol–water partition coefficient (Wildman–Crippen LogP) is -15.5. The summed E-state index contributed by atoms with van der Waals surface area (Å²) in [5.41, 5.74) is 0. The third-order valence-electron chi connectivity index (χ3n) is 0. The maximum atomic E-state index is 8.74. The normalized spacial score (nSPS) is 5.33. The molecule has 0 radical (unpaired) electrons. The van der Waals surface area contributed by atoms with E-state index in [1.54, 1.807) is 0 Å². The van der Waals surface area contributed by atoms with E-state index < -0.39 is 73.4 Å². The number of rotatable bonds is 0. The zero-order valence-corrected chi connectivity index (χ0v) is 22.4. The van der Waals surface area contributed by atoms with Crippen molar-refractivity contribution < 1.29 is 112 Å². The number of hydrogen-bond donors (Lipinski definition) is 16. The van der Waals surface area contributed by atoms with Crippen molar-refractivity contribution in [2.45, 2.75) is 0 Å². The van der Waals surface area contributed by atoms with Crippen molar-refractivity contribution in [2.75, 3.05) is 0 Å². The van der Waals surface area contributed by atoms with Gasteiger partial charge in [-0.1, -0.05) is 0 Å². The molecule has 0 bridgehead atoms. The van der Waals surface area contributed by atoms with Crippen LogP contribution in [0.5, 0.6) is 0 Å². The summed E-state index contributed by atoms with van der Waals surface area (Å²) in [5, 5.41) is 0. The van der Waals surface area contributed by atoms with Crippen molar-refractivity contribution >= 4 is 149 Å². The fourth-order valence-electron chi connectivity index (χ4n) is 0. The molecular weight excluding hydrogens is 636 g/mol. The first-order valence-corrected chi connectivity index (χ1v) is 15.6. The fraction of sp³-hybridized carbons (Fsp3) is 0. The Morgan fingerprint density at radius 3 is 0.194 bits per heavy atom. The summed E-state index contributed by atoms with van der Waals surface area (Å²) in [6, 6.07) is 0. The van der Waals surface area contributed by atoms with Crippen molar-refractivity contribution in [3.05, 3.63) is 0 Å². The van der Waals surface area contributed by atoms with E-state index in [2.05, 4.69) is 0 Å². The Labute approximate surface area is 259 Å². The van der Waals surface area contributed by atoms with Crippen LogP contribution in [0.15, 0.2) is 0 Å². The molecule has 0 aromatic carbocycles. The molecule has 0 aliphatic heterocycles. The van der Waals surface area contributed by atoms with Crippen LogP contribution in [0.4, 0.5) is 0 Å². The molecular formula is H20Li4O24Si8. The molecule has 0 saturated heterocycles. The molecule has 0 aromatic rings.